The average Bonchev–Trinajstić information content (AvgIpc) is 2.68. The highest BCUT2D eigenvalue weighted by molar-refractivity contribution is 6.30. The Hall–Kier alpha value is -2.53. The Labute approximate surface area is 158 Å². The van der Waals surface area contributed by atoms with Crippen molar-refractivity contribution in [2.75, 3.05) is 33.3 Å². The van der Waals surface area contributed by atoms with Gasteiger partial charge in [-0.05, 0) is 48.9 Å². The predicted octanol–water partition coefficient (Wildman–Crippen LogP) is 3.26. The summed E-state index contributed by atoms with van der Waals surface area (Å²) in [5, 5.41) is 0.602. The molecule has 1 aliphatic rings. The number of halogens is 1. The van der Waals surface area contributed by atoms with Gasteiger partial charge in [-0.25, -0.2) is 0 Å². The number of piperazine rings is 1. The molecule has 0 aliphatic carbocycles. The van der Waals surface area contributed by atoms with Crippen LogP contribution in [0.5, 0.6) is 5.75 Å². The van der Waals surface area contributed by atoms with Gasteiger partial charge in [-0.3, -0.25) is 9.59 Å². The standard InChI is InChI=1S/C20H21ClN2O3/c1-14-3-4-16(13-18(14)26-2)20(25)23-11-9-22(10-12-23)19(24)15-5-7-17(21)8-6-15/h3-8,13H,9-12H2,1-2H3. The van der Waals surface area contributed by atoms with Gasteiger partial charge in [0.15, 0.2) is 0 Å². The quantitative estimate of drug-likeness (QED) is 0.831. The van der Waals surface area contributed by atoms with E-state index in [1.807, 2.05) is 19.1 Å². The molecule has 1 aliphatic heterocycles. The lowest BCUT2D eigenvalue weighted by molar-refractivity contribution is 0.0535. The summed E-state index contributed by atoms with van der Waals surface area (Å²) >= 11 is 5.87. The van der Waals surface area contributed by atoms with E-state index >= 15 is 0 Å². The van der Waals surface area contributed by atoms with E-state index in [0.717, 1.165) is 5.56 Å². The van der Waals surface area contributed by atoms with Crippen LogP contribution in [0, 0.1) is 6.92 Å². The second-order valence-electron chi connectivity index (χ2n) is 6.28. The largest absolute Gasteiger partial charge is 0.496 e. The zero-order valence-electron chi connectivity index (χ0n) is 14.9. The molecule has 26 heavy (non-hydrogen) atoms. The maximum atomic E-state index is 12.7. The van der Waals surface area contributed by atoms with Gasteiger partial charge >= 0.3 is 0 Å². The summed E-state index contributed by atoms with van der Waals surface area (Å²) in [5.74, 6) is 0.625. The molecule has 0 bridgehead atoms. The third kappa shape index (κ3) is 3.83. The Kier molecular flexibility index (Phi) is 5.47. The van der Waals surface area contributed by atoms with Crippen molar-refractivity contribution in [3.8, 4) is 5.75 Å². The van der Waals surface area contributed by atoms with Crippen molar-refractivity contribution in [2.24, 2.45) is 0 Å². The van der Waals surface area contributed by atoms with Crippen LogP contribution in [-0.2, 0) is 0 Å². The molecule has 136 valence electrons. The first-order valence-electron chi connectivity index (χ1n) is 8.48. The van der Waals surface area contributed by atoms with Crippen LogP contribution in [0.2, 0.25) is 5.02 Å². The zero-order valence-corrected chi connectivity index (χ0v) is 15.6. The van der Waals surface area contributed by atoms with Crippen LogP contribution in [0.15, 0.2) is 42.5 Å². The van der Waals surface area contributed by atoms with Crippen LogP contribution in [-0.4, -0.2) is 54.9 Å². The fourth-order valence-corrected chi connectivity index (χ4v) is 3.15. The summed E-state index contributed by atoms with van der Waals surface area (Å²) in [6, 6.07) is 12.3. The van der Waals surface area contributed by atoms with Gasteiger partial charge in [-0.1, -0.05) is 17.7 Å². The molecule has 0 spiro atoms. The number of amides is 2. The van der Waals surface area contributed by atoms with Gasteiger partial charge in [0, 0.05) is 42.3 Å². The van der Waals surface area contributed by atoms with E-state index in [1.54, 1.807) is 47.2 Å². The summed E-state index contributed by atoms with van der Waals surface area (Å²) < 4.78 is 5.30. The molecule has 0 saturated carbocycles. The Morgan fingerprint density at radius 1 is 0.885 bits per heavy atom. The Balaban J connectivity index is 1.63. The topological polar surface area (TPSA) is 49.9 Å². The molecule has 2 amide bonds. The fraction of sp³-hybridized carbons (Fsp3) is 0.300. The van der Waals surface area contributed by atoms with Crippen LogP contribution < -0.4 is 4.74 Å². The molecule has 2 aromatic carbocycles. The third-order valence-electron chi connectivity index (χ3n) is 4.60. The van der Waals surface area contributed by atoms with E-state index in [4.69, 9.17) is 16.3 Å². The van der Waals surface area contributed by atoms with Gasteiger partial charge in [0.1, 0.15) is 5.75 Å². The first-order valence-corrected chi connectivity index (χ1v) is 8.86. The lowest BCUT2D eigenvalue weighted by Gasteiger charge is -2.35. The SMILES string of the molecule is COc1cc(C(=O)N2CCN(C(=O)c3ccc(Cl)cc3)CC2)ccc1C. The van der Waals surface area contributed by atoms with Gasteiger partial charge in [-0.2, -0.15) is 0 Å². The van der Waals surface area contributed by atoms with Crippen molar-refractivity contribution in [2.45, 2.75) is 6.92 Å². The van der Waals surface area contributed by atoms with E-state index < -0.39 is 0 Å². The van der Waals surface area contributed by atoms with E-state index in [1.165, 1.54) is 0 Å². The first-order chi connectivity index (χ1) is 12.5. The number of benzene rings is 2. The second kappa shape index (κ2) is 7.79. The van der Waals surface area contributed by atoms with Crippen molar-refractivity contribution < 1.29 is 14.3 Å². The molecule has 0 N–H and O–H groups in total. The fourth-order valence-electron chi connectivity index (χ4n) is 3.02. The first kappa shape index (κ1) is 18.3. The Morgan fingerprint density at radius 2 is 1.38 bits per heavy atom. The zero-order chi connectivity index (χ0) is 18.7. The lowest BCUT2D eigenvalue weighted by atomic mass is 10.1. The minimum atomic E-state index is -0.0399. The Morgan fingerprint density at radius 3 is 1.92 bits per heavy atom. The minimum absolute atomic E-state index is 0.0363. The maximum absolute atomic E-state index is 12.7. The number of carbonyl (C=O) groups is 2. The molecule has 1 fully saturated rings. The third-order valence-corrected chi connectivity index (χ3v) is 4.85. The normalized spacial score (nSPS) is 14.3. The smallest absolute Gasteiger partial charge is 0.254 e. The molecule has 1 heterocycles. The van der Waals surface area contributed by atoms with Gasteiger partial charge in [0.05, 0.1) is 7.11 Å². The number of ether oxygens (including phenoxy) is 1. The summed E-state index contributed by atoms with van der Waals surface area (Å²) in [6.45, 7) is 3.98. The van der Waals surface area contributed by atoms with Crippen molar-refractivity contribution >= 4 is 23.4 Å². The van der Waals surface area contributed by atoms with Crippen LogP contribution in [0.4, 0.5) is 0 Å². The molecule has 0 atom stereocenters. The monoisotopic (exact) mass is 372 g/mol. The summed E-state index contributed by atoms with van der Waals surface area (Å²) in [5.41, 5.74) is 2.20. The lowest BCUT2D eigenvalue weighted by Crippen LogP contribution is -2.50. The van der Waals surface area contributed by atoms with Crippen LogP contribution in [0.25, 0.3) is 0 Å². The molecule has 5 nitrogen and oxygen atoms in total. The van der Waals surface area contributed by atoms with E-state index in [2.05, 4.69) is 0 Å². The molecule has 2 aromatic rings. The molecule has 1 saturated heterocycles. The molecule has 0 unspecified atom stereocenters. The van der Waals surface area contributed by atoms with Crippen molar-refractivity contribution in [3.63, 3.8) is 0 Å². The number of carbonyl (C=O) groups excluding carboxylic acids is 2. The summed E-state index contributed by atoms with van der Waals surface area (Å²) in [4.78, 5) is 28.8. The maximum Gasteiger partial charge on any atom is 0.254 e. The number of aryl methyl sites for hydroxylation is 1. The molecular weight excluding hydrogens is 352 g/mol. The van der Waals surface area contributed by atoms with E-state index in [9.17, 15) is 9.59 Å². The summed E-state index contributed by atoms with van der Waals surface area (Å²) in [6.07, 6.45) is 0. The molecule has 0 radical (unpaired) electrons. The second-order valence-corrected chi connectivity index (χ2v) is 6.71. The minimum Gasteiger partial charge on any atom is -0.496 e. The summed E-state index contributed by atoms with van der Waals surface area (Å²) in [7, 11) is 1.59. The van der Waals surface area contributed by atoms with E-state index in [-0.39, 0.29) is 11.8 Å². The van der Waals surface area contributed by atoms with Crippen molar-refractivity contribution in [1.82, 2.24) is 9.80 Å². The number of hydrogen-bond donors (Lipinski definition) is 0. The van der Waals surface area contributed by atoms with E-state index in [0.29, 0.717) is 48.1 Å². The number of rotatable bonds is 3. The highest BCUT2D eigenvalue weighted by Gasteiger charge is 2.25. The van der Waals surface area contributed by atoms with Gasteiger partial charge in [-0.15, -0.1) is 0 Å². The van der Waals surface area contributed by atoms with Gasteiger partial charge in [0.2, 0.25) is 0 Å². The van der Waals surface area contributed by atoms with Gasteiger partial charge < -0.3 is 14.5 Å². The predicted molar refractivity (Wildman–Crippen MR) is 101 cm³/mol. The average molecular weight is 373 g/mol. The highest BCUT2D eigenvalue weighted by Crippen LogP contribution is 2.21. The Bertz CT molecular complexity index is 812. The highest BCUT2D eigenvalue weighted by atomic mass is 35.5. The number of hydrogen-bond acceptors (Lipinski definition) is 3. The van der Waals surface area contributed by atoms with Crippen LogP contribution in [0.1, 0.15) is 26.3 Å². The molecular formula is C20H21ClN2O3. The molecule has 0 aromatic heterocycles. The molecule has 3 rings (SSSR count). The molecule has 6 heteroatoms. The van der Waals surface area contributed by atoms with Gasteiger partial charge in [0.25, 0.3) is 11.8 Å². The van der Waals surface area contributed by atoms with Crippen molar-refractivity contribution in [1.29, 1.82) is 0 Å². The number of nitrogens with zero attached hydrogens (tertiary/aromatic N) is 2. The van der Waals surface area contributed by atoms with Crippen LogP contribution in [0.3, 0.4) is 0 Å². The number of methoxy groups -OCH3 is 1. The van der Waals surface area contributed by atoms with Crippen molar-refractivity contribution in [3.05, 3.63) is 64.2 Å². The van der Waals surface area contributed by atoms with Crippen LogP contribution >= 0.6 is 11.6 Å².